The second kappa shape index (κ2) is 7.27. The van der Waals surface area contributed by atoms with Gasteiger partial charge < -0.3 is 4.90 Å². The van der Waals surface area contributed by atoms with Gasteiger partial charge in [-0.25, -0.2) is 15.4 Å². The minimum absolute atomic E-state index is 0.0217. The number of rotatable bonds is 4. The maximum atomic E-state index is 4.98. The first-order chi connectivity index (χ1) is 15.7. The summed E-state index contributed by atoms with van der Waals surface area (Å²) in [6, 6.07) is 8.39. The van der Waals surface area contributed by atoms with E-state index in [-0.39, 0.29) is 6.04 Å². The van der Waals surface area contributed by atoms with Crippen LogP contribution in [0.25, 0.3) is 11.6 Å². The van der Waals surface area contributed by atoms with Crippen molar-refractivity contribution in [3.8, 4) is 11.6 Å². The fourth-order valence-corrected chi connectivity index (χ4v) is 4.35. The lowest BCUT2D eigenvalue weighted by Gasteiger charge is -2.37. The Bertz CT molecular complexity index is 1310. The lowest BCUT2D eigenvalue weighted by Crippen LogP contribution is -2.33. The van der Waals surface area contributed by atoms with Gasteiger partial charge >= 0.3 is 0 Å². The molecule has 0 radical (unpaired) electrons. The van der Waals surface area contributed by atoms with Gasteiger partial charge in [-0.1, -0.05) is 19.1 Å². The van der Waals surface area contributed by atoms with Crippen molar-refractivity contribution in [2.24, 2.45) is 0 Å². The van der Waals surface area contributed by atoms with Crippen molar-refractivity contribution >= 4 is 17.2 Å². The van der Waals surface area contributed by atoms with Crippen LogP contribution in [0.2, 0.25) is 0 Å². The Labute approximate surface area is 184 Å². The number of aryl methyl sites for hydroxylation is 1. The summed E-state index contributed by atoms with van der Waals surface area (Å²) in [4.78, 5) is 16.0. The van der Waals surface area contributed by atoms with Crippen LogP contribution in [-0.2, 0) is 0 Å². The average molecular weight is 426 g/mol. The first kappa shape index (κ1) is 18.7. The molecular weight excluding hydrogens is 404 g/mol. The van der Waals surface area contributed by atoms with Gasteiger partial charge in [0.2, 0.25) is 5.95 Å². The third-order valence-electron chi connectivity index (χ3n) is 5.81. The molecule has 2 aliphatic rings. The van der Waals surface area contributed by atoms with E-state index in [0.717, 1.165) is 47.5 Å². The maximum Gasteiger partial charge on any atom is 0.237 e. The summed E-state index contributed by atoms with van der Waals surface area (Å²) in [6.07, 6.45) is 12.1. The number of aromatic nitrogens is 7. The highest BCUT2D eigenvalue weighted by atomic mass is 15.5. The molecular formula is C22H22N10. The van der Waals surface area contributed by atoms with Gasteiger partial charge in [-0.3, -0.25) is 14.1 Å². The van der Waals surface area contributed by atoms with Crippen LogP contribution in [0.3, 0.4) is 0 Å². The predicted molar refractivity (Wildman–Crippen MR) is 120 cm³/mol. The van der Waals surface area contributed by atoms with Gasteiger partial charge in [0.15, 0.2) is 11.6 Å². The molecule has 0 amide bonds. The molecule has 1 atom stereocenters. The molecule has 2 aliphatic heterocycles. The molecule has 5 heterocycles. The van der Waals surface area contributed by atoms with Gasteiger partial charge in [0.1, 0.15) is 17.8 Å². The normalized spacial score (nSPS) is 17.0. The quantitative estimate of drug-likeness (QED) is 0.532. The average Bonchev–Trinajstić information content (AvgIpc) is 3.60. The van der Waals surface area contributed by atoms with Gasteiger partial charge in [0, 0.05) is 30.8 Å². The van der Waals surface area contributed by atoms with Crippen molar-refractivity contribution in [2.45, 2.75) is 26.3 Å². The summed E-state index contributed by atoms with van der Waals surface area (Å²) in [5, 5.41) is 10.9. The molecule has 0 fully saturated rings. The molecule has 4 aromatic rings. The van der Waals surface area contributed by atoms with Gasteiger partial charge in [-0.2, -0.15) is 4.98 Å². The summed E-state index contributed by atoms with van der Waals surface area (Å²) < 4.78 is 3.87. The van der Waals surface area contributed by atoms with Crippen LogP contribution in [0.1, 0.15) is 31.0 Å². The highest BCUT2D eigenvalue weighted by molar-refractivity contribution is 5.74. The molecule has 32 heavy (non-hydrogen) atoms. The van der Waals surface area contributed by atoms with Crippen LogP contribution in [0.5, 0.6) is 0 Å². The zero-order valence-electron chi connectivity index (χ0n) is 17.8. The summed E-state index contributed by atoms with van der Waals surface area (Å²) >= 11 is 0. The first-order valence-corrected chi connectivity index (χ1v) is 10.6. The lowest BCUT2D eigenvalue weighted by molar-refractivity contribution is 0.586. The van der Waals surface area contributed by atoms with E-state index in [1.807, 2.05) is 35.1 Å². The summed E-state index contributed by atoms with van der Waals surface area (Å²) in [5.41, 5.74) is 6.28. The van der Waals surface area contributed by atoms with Crippen molar-refractivity contribution in [2.75, 3.05) is 16.5 Å². The Balaban J connectivity index is 1.56. The van der Waals surface area contributed by atoms with E-state index in [4.69, 9.17) is 4.98 Å². The fourth-order valence-electron chi connectivity index (χ4n) is 4.35. The standard InChI is InChI=1S/C22H22N10/c1-3-18-21-28-27-15(2)31(21)19-13-24-22(29-11-9-23-14-29)26-20(19)32(18)17-7-4-6-16(12-17)30-10-5-8-25-30/h4-7,9-14,18,25H,3,8H2,1-2H3. The van der Waals surface area contributed by atoms with E-state index in [1.54, 1.807) is 12.5 Å². The number of fused-ring (bicyclic) bond motifs is 3. The maximum absolute atomic E-state index is 4.98. The number of hydrogen-bond acceptors (Lipinski definition) is 8. The highest BCUT2D eigenvalue weighted by Crippen LogP contribution is 2.44. The minimum atomic E-state index is -0.0217. The molecule has 1 aromatic carbocycles. The molecule has 160 valence electrons. The number of anilines is 3. The van der Waals surface area contributed by atoms with Crippen molar-refractivity contribution in [3.05, 3.63) is 73.1 Å². The van der Waals surface area contributed by atoms with E-state index >= 15 is 0 Å². The van der Waals surface area contributed by atoms with Crippen LogP contribution >= 0.6 is 0 Å². The van der Waals surface area contributed by atoms with E-state index in [9.17, 15) is 0 Å². The largest absolute Gasteiger partial charge is 0.314 e. The second-order valence-corrected chi connectivity index (χ2v) is 7.72. The Kier molecular flexibility index (Phi) is 4.25. The Morgan fingerprint density at radius 2 is 2.09 bits per heavy atom. The van der Waals surface area contributed by atoms with E-state index in [2.05, 4.69) is 72.3 Å². The number of benzene rings is 1. The Morgan fingerprint density at radius 3 is 2.88 bits per heavy atom. The minimum Gasteiger partial charge on any atom is -0.314 e. The van der Waals surface area contributed by atoms with Crippen molar-refractivity contribution in [3.63, 3.8) is 0 Å². The van der Waals surface area contributed by atoms with Crippen LogP contribution in [0.4, 0.5) is 17.2 Å². The number of imidazole rings is 1. The molecule has 0 spiro atoms. The third-order valence-corrected chi connectivity index (χ3v) is 5.81. The number of nitrogens with zero attached hydrogens (tertiary/aromatic N) is 9. The molecule has 0 saturated heterocycles. The molecule has 10 heteroatoms. The monoisotopic (exact) mass is 426 g/mol. The molecule has 3 aromatic heterocycles. The van der Waals surface area contributed by atoms with Gasteiger partial charge in [-0.15, -0.1) is 10.2 Å². The van der Waals surface area contributed by atoms with Crippen molar-refractivity contribution in [1.29, 1.82) is 0 Å². The molecule has 1 unspecified atom stereocenters. The van der Waals surface area contributed by atoms with Crippen molar-refractivity contribution in [1.82, 2.24) is 39.7 Å². The van der Waals surface area contributed by atoms with Gasteiger partial charge in [0.25, 0.3) is 0 Å². The summed E-state index contributed by atoms with van der Waals surface area (Å²) in [6.45, 7) is 4.93. The summed E-state index contributed by atoms with van der Waals surface area (Å²) in [7, 11) is 0. The topological polar surface area (TPSA) is 92.8 Å². The zero-order chi connectivity index (χ0) is 21.7. The van der Waals surface area contributed by atoms with E-state index in [0.29, 0.717) is 5.95 Å². The van der Waals surface area contributed by atoms with Crippen LogP contribution in [-0.4, -0.2) is 40.8 Å². The molecule has 10 nitrogen and oxygen atoms in total. The molecule has 0 aliphatic carbocycles. The van der Waals surface area contributed by atoms with E-state index in [1.165, 1.54) is 0 Å². The van der Waals surface area contributed by atoms with Gasteiger partial charge in [0.05, 0.1) is 17.9 Å². The lowest BCUT2D eigenvalue weighted by atomic mass is 10.1. The second-order valence-electron chi connectivity index (χ2n) is 7.72. The number of hydrogen-bond donors (Lipinski definition) is 1. The van der Waals surface area contributed by atoms with Crippen LogP contribution < -0.4 is 15.3 Å². The predicted octanol–water partition coefficient (Wildman–Crippen LogP) is 2.99. The molecule has 1 N–H and O–H groups in total. The highest BCUT2D eigenvalue weighted by Gasteiger charge is 2.36. The van der Waals surface area contributed by atoms with Crippen molar-refractivity contribution < 1.29 is 0 Å². The first-order valence-electron chi connectivity index (χ1n) is 10.6. The molecule has 0 bridgehead atoms. The number of hydrazine groups is 1. The van der Waals surface area contributed by atoms with Gasteiger partial charge in [-0.05, 0) is 31.5 Å². The molecule has 6 rings (SSSR count). The van der Waals surface area contributed by atoms with E-state index < -0.39 is 0 Å². The zero-order valence-corrected chi connectivity index (χ0v) is 17.8. The Morgan fingerprint density at radius 1 is 1.19 bits per heavy atom. The SMILES string of the molecule is CCC1c2nnc(C)n2-c2cnc(-n3ccnc3)nc2N1c1cccc(N2C=CCN2)c1. The third kappa shape index (κ3) is 2.80. The molecule has 0 saturated carbocycles. The smallest absolute Gasteiger partial charge is 0.237 e. The van der Waals surface area contributed by atoms with Crippen LogP contribution in [0.15, 0.2) is 61.5 Å². The fraction of sp³-hybridized carbons (Fsp3) is 0.227. The Hall–Kier alpha value is -4.05. The number of nitrogens with one attached hydrogen (secondary N) is 1. The van der Waals surface area contributed by atoms with Crippen LogP contribution in [0, 0.1) is 6.92 Å². The summed E-state index contributed by atoms with van der Waals surface area (Å²) in [5.74, 6) is 3.09.